The first-order valence-corrected chi connectivity index (χ1v) is 16.4. The summed E-state index contributed by atoms with van der Waals surface area (Å²) in [5.74, 6) is -0.859. The van der Waals surface area contributed by atoms with Crippen molar-refractivity contribution in [3.8, 4) is 0 Å². The predicted octanol–water partition coefficient (Wildman–Crippen LogP) is 6.40. The van der Waals surface area contributed by atoms with Gasteiger partial charge in [0.2, 0.25) is 11.8 Å². The number of anilines is 1. The van der Waals surface area contributed by atoms with Gasteiger partial charge in [0.15, 0.2) is 0 Å². The summed E-state index contributed by atoms with van der Waals surface area (Å²) in [6.45, 7) is 5.23. The fourth-order valence-corrected chi connectivity index (χ4v) is 6.46. The Kier molecular flexibility index (Phi) is 11.2. The summed E-state index contributed by atoms with van der Waals surface area (Å²) in [5, 5.41) is 3.48. The Morgan fingerprint density at radius 2 is 1.50 bits per heavy atom. The molecule has 7 nitrogen and oxygen atoms in total. The molecule has 0 saturated carbocycles. The van der Waals surface area contributed by atoms with Crippen LogP contribution in [0.3, 0.4) is 0 Å². The Balaban J connectivity index is 1.81. The second-order valence-electron chi connectivity index (χ2n) is 10.8. The van der Waals surface area contributed by atoms with Crippen LogP contribution in [0, 0.1) is 6.92 Å². The Morgan fingerprint density at radius 1 is 0.864 bits per heavy atom. The number of halogens is 1. The SMILES string of the molecule is CC[C@H](C)NC(=O)[C@@H](Cc1ccccc1)N(Cc1ccccc1Cl)C(=O)CN(c1cccc(C)c1)S(=O)(=O)c1ccccc1. The van der Waals surface area contributed by atoms with Gasteiger partial charge >= 0.3 is 0 Å². The smallest absolute Gasteiger partial charge is 0.264 e. The maximum absolute atomic E-state index is 14.5. The number of nitrogens with one attached hydrogen (secondary N) is 1. The van der Waals surface area contributed by atoms with Crippen molar-refractivity contribution in [2.45, 2.75) is 57.1 Å². The molecule has 0 aliphatic rings. The molecule has 4 aromatic rings. The van der Waals surface area contributed by atoms with Crippen molar-refractivity contribution >= 4 is 39.1 Å². The Bertz CT molecular complexity index is 1670. The van der Waals surface area contributed by atoms with Crippen LogP contribution in [0.1, 0.15) is 37.0 Å². The molecule has 0 aromatic heterocycles. The molecular formula is C35H38ClN3O4S. The van der Waals surface area contributed by atoms with Gasteiger partial charge in [0, 0.05) is 24.0 Å². The molecule has 4 rings (SSSR count). The zero-order valence-corrected chi connectivity index (χ0v) is 26.8. The van der Waals surface area contributed by atoms with Gasteiger partial charge in [0.1, 0.15) is 12.6 Å². The normalized spacial score (nSPS) is 12.6. The summed E-state index contributed by atoms with van der Waals surface area (Å²) in [6.07, 6.45) is 0.938. The van der Waals surface area contributed by atoms with Crippen LogP contribution in [0.15, 0.2) is 114 Å². The van der Waals surface area contributed by atoms with E-state index in [-0.39, 0.29) is 29.8 Å². The molecular weight excluding hydrogens is 594 g/mol. The van der Waals surface area contributed by atoms with Crippen LogP contribution in [-0.4, -0.2) is 43.8 Å². The fraction of sp³-hybridized carbons (Fsp3) is 0.257. The Labute approximate surface area is 265 Å². The summed E-state index contributed by atoms with van der Waals surface area (Å²) in [4.78, 5) is 29.9. The van der Waals surface area contributed by atoms with Crippen molar-refractivity contribution in [2.75, 3.05) is 10.8 Å². The monoisotopic (exact) mass is 631 g/mol. The number of amides is 2. The third kappa shape index (κ3) is 8.27. The van der Waals surface area contributed by atoms with E-state index >= 15 is 0 Å². The maximum atomic E-state index is 14.5. The van der Waals surface area contributed by atoms with E-state index in [1.165, 1.54) is 17.0 Å². The maximum Gasteiger partial charge on any atom is 0.264 e. The lowest BCUT2D eigenvalue weighted by Crippen LogP contribution is -2.54. The minimum absolute atomic E-state index is 0.0109. The predicted molar refractivity (Wildman–Crippen MR) is 176 cm³/mol. The van der Waals surface area contributed by atoms with Crippen LogP contribution < -0.4 is 9.62 Å². The minimum atomic E-state index is -4.15. The third-order valence-corrected chi connectivity index (χ3v) is 9.63. The molecule has 4 aromatic carbocycles. The van der Waals surface area contributed by atoms with Gasteiger partial charge in [-0.1, -0.05) is 97.4 Å². The van der Waals surface area contributed by atoms with Crippen molar-refractivity contribution in [2.24, 2.45) is 0 Å². The molecule has 0 saturated heterocycles. The summed E-state index contributed by atoms with van der Waals surface area (Å²) in [5.41, 5.74) is 2.70. The highest BCUT2D eigenvalue weighted by Gasteiger charge is 2.35. The van der Waals surface area contributed by atoms with Gasteiger partial charge in [-0.15, -0.1) is 0 Å². The van der Waals surface area contributed by atoms with Gasteiger partial charge in [-0.25, -0.2) is 8.42 Å². The van der Waals surface area contributed by atoms with E-state index in [2.05, 4.69) is 5.32 Å². The van der Waals surface area contributed by atoms with Crippen molar-refractivity contribution in [1.82, 2.24) is 10.2 Å². The average molecular weight is 632 g/mol. The van der Waals surface area contributed by atoms with E-state index in [4.69, 9.17) is 11.6 Å². The highest BCUT2D eigenvalue weighted by Crippen LogP contribution is 2.26. The molecule has 0 aliphatic heterocycles. The van der Waals surface area contributed by atoms with Gasteiger partial charge in [-0.3, -0.25) is 13.9 Å². The molecule has 1 N–H and O–H groups in total. The lowest BCUT2D eigenvalue weighted by molar-refractivity contribution is -0.140. The number of benzene rings is 4. The van der Waals surface area contributed by atoms with E-state index in [1.807, 2.05) is 63.2 Å². The number of carbonyl (C=O) groups excluding carboxylic acids is 2. The fourth-order valence-electron chi connectivity index (χ4n) is 4.84. The molecule has 230 valence electrons. The number of carbonyl (C=O) groups is 2. The molecule has 0 bridgehead atoms. The largest absolute Gasteiger partial charge is 0.352 e. The van der Waals surface area contributed by atoms with Crippen LogP contribution in [0.4, 0.5) is 5.69 Å². The van der Waals surface area contributed by atoms with E-state index in [1.54, 1.807) is 54.6 Å². The van der Waals surface area contributed by atoms with Crippen LogP contribution in [0.5, 0.6) is 0 Å². The number of hydrogen-bond donors (Lipinski definition) is 1. The number of hydrogen-bond acceptors (Lipinski definition) is 4. The molecule has 44 heavy (non-hydrogen) atoms. The highest BCUT2D eigenvalue weighted by molar-refractivity contribution is 7.92. The zero-order valence-electron chi connectivity index (χ0n) is 25.2. The third-order valence-electron chi connectivity index (χ3n) is 7.47. The second kappa shape index (κ2) is 15.0. The van der Waals surface area contributed by atoms with Gasteiger partial charge in [0.05, 0.1) is 10.6 Å². The molecule has 2 atom stereocenters. The lowest BCUT2D eigenvalue weighted by Gasteiger charge is -2.34. The number of sulfonamides is 1. The van der Waals surface area contributed by atoms with E-state index in [9.17, 15) is 18.0 Å². The topological polar surface area (TPSA) is 86.8 Å². The molecule has 0 unspecified atom stereocenters. The van der Waals surface area contributed by atoms with Crippen molar-refractivity contribution < 1.29 is 18.0 Å². The van der Waals surface area contributed by atoms with Crippen LogP contribution in [0.25, 0.3) is 0 Å². The van der Waals surface area contributed by atoms with Crippen molar-refractivity contribution in [1.29, 1.82) is 0 Å². The number of rotatable bonds is 13. The second-order valence-corrected chi connectivity index (χ2v) is 13.1. The zero-order chi connectivity index (χ0) is 31.7. The Hall–Kier alpha value is -4.14. The van der Waals surface area contributed by atoms with Gasteiger partial charge < -0.3 is 10.2 Å². The molecule has 0 fully saturated rings. The number of aryl methyl sites for hydroxylation is 1. The molecule has 0 heterocycles. The van der Waals surface area contributed by atoms with Crippen molar-refractivity contribution in [3.05, 3.63) is 131 Å². The van der Waals surface area contributed by atoms with E-state index in [0.29, 0.717) is 22.7 Å². The first-order chi connectivity index (χ1) is 21.1. The highest BCUT2D eigenvalue weighted by atomic mass is 35.5. The van der Waals surface area contributed by atoms with Crippen LogP contribution in [0.2, 0.25) is 5.02 Å². The Morgan fingerprint density at radius 3 is 2.14 bits per heavy atom. The number of nitrogens with zero attached hydrogens (tertiary/aromatic N) is 2. The summed E-state index contributed by atoms with van der Waals surface area (Å²) in [6, 6.07) is 30.5. The van der Waals surface area contributed by atoms with E-state index in [0.717, 1.165) is 15.4 Å². The first-order valence-electron chi connectivity index (χ1n) is 14.6. The average Bonchev–Trinajstić information content (AvgIpc) is 3.03. The lowest BCUT2D eigenvalue weighted by atomic mass is 10.0. The summed E-state index contributed by atoms with van der Waals surface area (Å²) >= 11 is 6.55. The summed E-state index contributed by atoms with van der Waals surface area (Å²) < 4.78 is 29.2. The van der Waals surface area contributed by atoms with Crippen LogP contribution >= 0.6 is 11.6 Å². The van der Waals surface area contributed by atoms with Gasteiger partial charge in [0.25, 0.3) is 10.0 Å². The van der Waals surface area contributed by atoms with Crippen LogP contribution in [-0.2, 0) is 32.6 Å². The van der Waals surface area contributed by atoms with Gasteiger partial charge in [-0.2, -0.15) is 0 Å². The quantitative estimate of drug-likeness (QED) is 0.185. The molecule has 0 aliphatic carbocycles. The molecule has 0 spiro atoms. The van der Waals surface area contributed by atoms with Gasteiger partial charge in [-0.05, 0) is 67.3 Å². The standard InChI is InChI=1S/C35H38ClN3O4S/c1-4-27(3)37-35(41)33(23-28-15-7-5-8-16-28)38(24-29-17-11-12-21-32(29)36)34(40)25-39(30-18-13-14-26(2)22-30)44(42,43)31-19-9-6-10-20-31/h5-22,27,33H,4,23-25H2,1-3H3,(H,37,41)/t27-,33+/m0/s1. The molecule has 2 amide bonds. The molecule has 9 heteroatoms. The molecule has 0 radical (unpaired) electrons. The minimum Gasteiger partial charge on any atom is -0.352 e. The van der Waals surface area contributed by atoms with Crippen molar-refractivity contribution in [3.63, 3.8) is 0 Å². The van der Waals surface area contributed by atoms with E-state index < -0.39 is 28.5 Å². The summed E-state index contributed by atoms with van der Waals surface area (Å²) in [7, 11) is -4.15. The first kappa shape index (κ1) is 32.8.